The summed E-state index contributed by atoms with van der Waals surface area (Å²) in [4.78, 5) is 42.8. The smallest absolute Gasteiger partial charge is 0.302 e. The van der Waals surface area contributed by atoms with Gasteiger partial charge in [0.2, 0.25) is 11.8 Å². The standard InChI is InChI=1S/C25H34FN3O5/c1-6-14(2)24(31)28-23(15(3)33-5)25(32)29-10-9-22(34-16(4)30)21(29)11-17-13-27-20-12-18(26)7-8-19(17)20/h7-8,12-15,21-23,27H,6,9-11H2,1-5H3,(H,28,31)/t14-,15-,21-,22+,23+/m1/s1. The Morgan fingerprint density at radius 3 is 2.68 bits per heavy atom. The average Bonchev–Trinajstić information content (AvgIpc) is 3.39. The highest BCUT2D eigenvalue weighted by Gasteiger charge is 2.43. The lowest BCUT2D eigenvalue weighted by atomic mass is 10.00. The number of aromatic nitrogens is 1. The van der Waals surface area contributed by atoms with Crippen LogP contribution in [0.2, 0.25) is 0 Å². The number of amides is 2. The van der Waals surface area contributed by atoms with Gasteiger partial charge in [-0.1, -0.05) is 13.8 Å². The molecular formula is C25H34FN3O5. The van der Waals surface area contributed by atoms with Crippen LogP contribution in [-0.4, -0.2) is 65.6 Å². The fourth-order valence-electron chi connectivity index (χ4n) is 4.42. The number of nitrogens with zero attached hydrogens (tertiary/aromatic N) is 1. The maximum Gasteiger partial charge on any atom is 0.302 e. The Kier molecular flexibility index (Phi) is 8.30. The van der Waals surface area contributed by atoms with E-state index in [0.717, 1.165) is 10.9 Å². The minimum absolute atomic E-state index is 0.212. The largest absolute Gasteiger partial charge is 0.460 e. The number of carbonyl (C=O) groups is 3. The van der Waals surface area contributed by atoms with Gasteiger partial charge in [-0.05, 0) is 43.5 Å². The fourth-order valence-corrected chi connectivity index (χ4v) is 4.42. The van der Waals surface area contributed by atoms with Gasteiger partial charge in [0, 0.05) is 50.0 Å². The van der Waals surface area contributed by atoms with Gasteiger partial charge in [0.25, 0.3) is 0 Å². The Morgan fingerprint density at radius 1 is 1.29 bits per heavy atom. The van der Waals surface area contributed by atoms with Crippen molar-refractivity contribution < 1.29 is 28.2 Å². The van der Waals surface area contributed by atoms with Crippen molar-refractivity contribution in [1.82, 2.24) is 15.2 Å². The van der Waals surface area contributed by atoms with Crippen LogP contribution in [0.5, 0.6) is 0 Å². The van der Waals surface area contributed by atoms with E-state index in [9.17, 15) is 18.8 Å². The van der Waals surface area contributed by atoms with Crippen molar-refractivity contribution in [3.63, 3.8) is 0 Å². The number of carbonyl (C=O) groups excluding carboxylic acids is 3. The normalized spacial score (nSPS) is 20.7. The second kappa shape index (κ2) is 11.0. The molecule has 2 amide bonds. The zero-order chi connectivity index (χ0) is 25.0. The van der Waals surface area contributed by atoms with Crippen molar-refractivity contribution in [1.29, 1.82) is 0 Å². The van der Waals surface area contributed by atoms with E-state index in [4.69, 9.17) is 9.47 Å². The average molecular weight is 476 g/mol. The lowest BCUT2D eigenvalue weighted by Crippen LogP contribution is -2.57. The summed E-state index contributed by atoms with van der Waals surface area (Å²) in [5, 5.41) is 3.70. The first kappa shape index (κ1) is 25.7. The number of hydrogen-bond acceptors (Lipinski definition) is 5. The third-order valence-corrected chi connectivity index (χ3v) is 6.71. The quantitative estimate of drug-likeness (QED) is 0.543. The SMILES string of the molecule is CC[C@@H](C)C(=O)N[C@H](C(=O)N1CC[C@H](OC(C)=O)[C@H]1Cc1c[nH]c2cc(F)ccc12)[C@@H](C)OC. The van der Waals surface area contributed by atoms with Crippen LogP contribution in [0.15, 0.2) is 24.4 Å². The van der Waals surface area contributed by atoms with Crippen LogP contribution in [0.1, 0.15) is 46.1 Å². The molecule has 0 radical (unpaired) electrons. The zero-order valence-corrected chi connectivity index (χ0v) is 20.4. The molecule has 9 heteroatoms. The Bertz CT molecular complexity index is 1040. The third-order valence-electron chi connectivity index (χ3n) is 6.71. The second-order valence-electron chi connectivity index (χ2n) is 8.98. The zero-order valence-electron chi connectivity index (χ0n) is 20.4. The molecule has 0 saturated carbocycles. The number of halogens is 1. The summed E-state index contributed by atoms with van der Waals surface area (Å²) in [5.74, 6) is -1.50. The summed E-state index contributed by atoms with van der Waals surface area (Å²) in [6.45, 7) is 7.18. The number of aromatic amines is 1. The second-order valence-corrected chi connectivity index (χ2v) is 8.98. The van der Waals surface area contributed by atoms with Crippen molar-refractivity contribution in [3.8, 4) is 0 Å². The molecule has 1 aliphatic heterocycles. The van der Waals surface area contributed by atoms with Gasteiger partial charge in [-0.15, -0.1) is 0 Å². The van der Waals surface area contributed by atoms with E-state index >= 15 is 0 Å². The van der Waals surface area contributed by atoms with Crippen molar-refractivity contribution in [2.45, 2.75) is 71.2 Å². The molecule has 1 aliphatic rings. The van der Waals surface area contributed by atoms with E-state index in [1.54, 1.807) is 24.1 Å². The molecule has 2 heterocycles. The number of fused-ring (bicyclic) bond motifs is 1. The predicted octanol–water partition coefficient (Wildman–Crippen LogP) is 2.95. The highest BCUT2D eigenvalue weighted by Crippen LogP contribution is 2.29. The minimum atomic E-state index is -0.873. The monoisotopic (exact) mass is 475 g/mol. The lowest BCUT2D eigenvalue weighted by Gasteiger charge is -2.33. The van der Waals surface area contributed by atoms with Gasteiger partial charge in [-0.2, -0.15) is 0 Å². The molecule has 186 valence electrons. The minimum Gasteiger partial charge on any atom is -0.460 e. The van der Waals surface area contributed by atoms with E-state index in [-0.39, 0.29) is 23.5 Å². The number of esters is 1. The number of nitrogens with one attached hydrogen (secondary N) is 2. The summed E-state index contributed by atoms with van der Waals surface area (Å²) in [7, 11) is 1.49. The Labute approximate surface area is 199 Å². The van der Waals surface area contributed by atoms with Gasteiger partial charge >= 0.3 is 5.97 Å². The van der Waals surface area contributed by atoms with E-state index in [1.807, 2.05) is 13.8 Å². The fraction of sp³-hybridized carbons (Fsp3) is 0.560. The molecule has 0 spiro atoms. The number of methoxy groups -OCH3 is 1. The number of rotatable bonds is 9. The van der Waals surface area contributed by atoms with Gasteiger partial charge in [0.15, 0.2) is 0 Å². The number of hydrogen-bond donors (Lipinski definition) is 2. The molecule has 8 nitrogen and oxygen atoms in total. The lowest BCUT2D eigenvalue weighted by molar-refractivity contribution is -0.150. The number of benzene rings is 1. The van der Waals surface area contributed by atoms with Crippen molar-refractivity contribution in [3.05, 3.63) is 35.8 Å². The Hall–Kier alpha value is -2.94. The molecule has 1 aromatic heterocycles. The predicted molar refractivity (Wildman–Crippen MR) is 125 cm³/mol. The molecule has 5 atom stereocenters. The maximum atomic E-state index is 13.7. The molecule has 2 N–H and O–H groups in total. The summed E-state index contributed by atoms with van der Waals surface area (Å²) in [6, 6.07) is 3.19. The molecule has 2 aromatic rings. The van der Waals surface area contributed by atoms with E-state index < -0.39 is 30.3 Å². The van der Waals surface area contributed by atoms with Crippen LogP contribution < -0.4 is 5.32 Å². The Morgan fingerprint density at radius 2 is 2.03 bits per heavy atom. The van der Waals surface area contributed by atoms with E-state index in [0.29, 0.717) is 31.3 Å². The molecule has 1 aromatic carbocycles. The van der Waals surface area contributed by atoms with Gasteiger partial charge < -0.3 is 24.7 Å². The third kappa shape index (κ3) is 5.58. The van der Waals surface area contributed by atoms with Crippen LogP contribution in [0.4, 0.5) is 4.39 Å². The summed E-state index contributed by atoms with van der Waals surface area (Å²) >= 11 is 0. The summed E-state index contributed by atoms with van der Waals surface area (Å²) in [6.07, 6.45) is 2.29. The van der Waals surface area contributed by atoms with Gasteiger partial charge in [-0.25, -0.2) is 4.39 Å². The molecular weight excluding hydrogens is 441 g/mol. The first-order valence-electron chi connectivity index (χ1n) is 11.7. The maximum absolute atomic E-state index is 13.7. The first-order valence-corrected chi connectivity index (χ1v) is 11.7. The van der Waals surface area contributed by atoms with Crippen molar-refractivity contribution >= 4 is 28.7 Å². The van der Waals surface area contributed by atoms with Gasteiger partial charge in [0.1, 0.15) is 18.0 Å². The molecule has 1 fully saturated rings. The number of likely N-dealkylation sites (tertiary alicyclic amines) is 1. The van der Waals surface area contributed by atoms with E-state index in [1.165, 1.54) is 26.2 Å². The molecule has 0 unspecified atom stereocenters. The first-order chi connectivity index (χ1) is 16.2. The molecule has 0 aliphatic carbocycles. The summed E-state index contributed by atoms with van der Waals surface area (Å²) < 4.78 is 24.6. The molecule has 3 rings (SSSR count). The van der Waals surface area contributed by atoms with Crippen LogP contribution in [0, 0.1) is 11.7 Å². The topological polar surface area (TPSA) is 101 Å². The van der Waals surface area contributed by atoms with Crippen LogP contribution in [0.3, 0.4) is 0 Å². The van der Waals surface area contributed by atoms with Crippen molar-refractivity contribution in [2.24, 2.45) is 5.92 Å². The van der Waals surface area contributed by atoms with Crippen molar-refractivity contribution in [2.75, 3.05) is 13.7 Å². The van der Waals surface area contributed by atoms with Gasteiger partial charge in [0.05, 0.1) is 12.1 Å². The van der Waals surface area contributed by atoms with Crippen LogP contribution in [0.25, 0.3) is 10.9 Å². The van der Waals surface area contributed by atoms with Gasteiger partial charge in [-0.3, -0.25) is 14.4 Å². The van der Waals surface area contributed by atoms with Crippen LogP contribution in [-0.2, 0) is 30.3 Å². The highest BCUT2D eigenvalue weighted by molar-refractivity contribution is 5.89. The molecule has 0 bridgehead atoms. The Balaban J connectivity index is 1.90. The number of H-pyrrole nitrogens is 1. The molecule has 34 heavy (non-hydrogen) atoms. The van der Waals surface area contributed by atoms with Crippen LogP contribution >= 0.6 is 0 Å². The highest BCUT2D eigenvalue weighted by atomic mass is 19.1. The van der Waals surface area contributed by atoms with E-state index in [2.05, 4.69) is 10.3 Å². The summed E-state index contributed by atoms with van der Waals surface area (Å²) in [5.41, 5.74) is 1.54. The number of ether oxygens (including phenoxy) is 2. The molecule has 1 saturated heterocycles.